The summed E-state index contributed by atoms with van der Waals surface area (Å²) in [7, 11) is 1.51. The Morgan fingerprint density at radius 1 is 1.48 bits per heavy atom. The molecular weight excluding hydrogens is 340 g/mol. The maximum Gasteiger partial charge on any atom is 0.440 e. The van der Waals surface area contributed by atoms with Crippen molar-refractivity contribution in [2.75, 3.05) is 5.32 Å². The van der Waals surface area contributed by atoms with E-state index in [9.17, 15) is 14.9 Å². The minimum absolute atomic E-state index is 0.136. The van der Waals surface area contributed by atoms with Gasteiger partial charge in [-0.1, -0.05) is 25.5 Å². The number of hydrogen-bond acceptors (Lipinski definition) is 5. The Morgan fingerprint density at radius 2 is 2.20 bits per heavy atom. The van der Waals surface area contributed by atoms with Crippen LogP contribution in [0.4, 0.5) is 5.00 Å². The van der Waals surface area contributed by atoms with Gasteiger partial charge in [0.15, 0.2) is 7.05 Å². The lowest BCUT2D eigenvalue weighted by atomic mass is 9.72. The van der Waals surface area contributed by atoms with Gasteiger partial charge in [-0.2, -0.15) is 5.26 Å². The molecule has 1 aliphatic carbocycles. The fraction of sp³-hybridized carbons (Fsp3) is 0.529. The van der Waals surface area contributed by atoms with Crippen molar-refractivity contribution >= 4 is 22.2 Å². The molecule has 3 rings (SSSR count). The van der Waals surface area contributed by atoms with Gasteiger partial charge >= 0.3 is 17.2 Å². The third kappa shape index (κ3) is 3.12. The van der Waals surface area contributed by atoms with Gasteiger partial charge in [0, 0.05) is 4.88 Å². The predicted octanol–water partition coefficient (Wildman–Crippen LogP) is 2.13. The van der Waals surface area contributed by atoms with Gasteiger partial charge in [-0.05, 0) is 41.4 Å². The molecule has 2 aromatic rings. The molecule has 0 radical (unpaired) electrons. The first-order chi connectivity index (χ1) is 11.7. The van der Waals surface area contributed by atoms with Gasteiger partial charge < -0.3 is 5.32 Å². The number of aryl methyl sites for hydroxylation is 1. The first-order valence-electron chi connectivity index (χ1n) is 8.16. The van der Waals surface area contributed by atoms with Gasteiger partial charge in [0.1, 0.15) is 11.1 Å². The van der Waals surface area contributed by atoms with Gasteiger partial charge in [-0.15, -0.1) is 11.3 Å². The average Bonchev–Trinajstić information content (AvgIpc) is 3.04. The molecule has 0 saturated carbocycles. The normalized spacial score (nSPS) is 17.0. The highest BCUT2D eigenvalue weighted by atomic mass is 32.1. The molecule has 1 atom stereocenters. The van der Waals surface area contributed by atoms with Gasteiger partial charge in [0.2, 0.25) is 0 Å². The molecule has 0 saturated heterocycles. The van der Waals surface area contributed by atoms with E-state index in [1.54, 1.807) is 0 Å². The summed E-state index contributed by atoms with van der Waals surface area (Å²) in [6.45, 7) is 6.69. The Balaban J connectivity index is 1.92. The van der Waals surface area contributed by atoms with Crippen molar-refractivity contribution in [3.8, 4) is 6.07 Å². The van der Waals surface area contributed by atoms with Crippen molar-refractivity contribution in [2.24, 2.45) is 18.4 Å². The molecule has 0 aromatic carbocycles. The van der Waals surface area contributed by atoms with Crippen LogP contribution in [-0.2, 0) is 19.9 Å². The summed E-state index contributed by atoms with van der Waals surface area (Å²) < 4.78 is 5.82. The summed E-state index contributed by atoms with van der Waals surface area (Å²) in [6, 6.07) is 2.22. The van der Waals surface area contributed by atoms with Crippen LogP contribution in [0.25, 0.3) is 0 Å². The number of aromatic amines is 1. The molecule has 7 nitrogen and oxygen atoms in total. The smallest absolute Gasteiger partial charge is 0.307 e. The number of carbonyl (C=O) groups excluding carboxylic acids is 1. The molecular formula is C17H21N4O3S+. The van der Waals surface area contributed by atoms with E-state index in [0.29, 0.717) is 16.5 Å². The second-order valence-corrected chi connectivity index (χ2v) is 8.57. The first-order valence-corrected chi connectivity index (χ1v) is 8.97. The summed E-state index contributed by atoms with van der Waals surface area (Å²) in [5.41, 5.74) is 0.878. The summed E-state index contributed by atoms with van der Waals surface area (Å²) >= 11 is 1.44. The van der Waals surface area contributed by atoms with Crippen LogP contribution in [0.5, 0.6) is 0 Å². The van der Waals surface area contributed by atoms with Crippen molar-refractivity contribution < 1.29 is 14.0 Å². The van der Waals surface area contributed by atoms with Gasteiger partial charge in [-0.25, -0.2) is 4.79 Å². The van der Waals surface area contributed by atoms with Crippen LogP contribution in [0.3, 0.4) is 0 Å². The van der Waals surface area contributed by atoms with Crippen molar-refractivity contribution in [3.05, 3.63) is 32.1 Å². The largest absolute Gasteiger partial charge is 0.440 e. The second-order valence-electron chi connectivity index (χ2n) is 7.47. The van der Waals surface area contributed by atoms with E-state index in [4.69, 9.17) is 0 Å². The second kappa shape index (κ2) is 6.15. The zero-order valence-corrected chi connectivity index (χ0v) is 15.5. The molecule has 1 aliphatic rings. The SMILES string of the molecule is C[n+]1[nH]oc(=O)c1C(=O)Nc1sc2c(c1C#N)CCC(C(C)(C)C)C2. The minimum Gasteiger partial charge on any atom is -0.307 e. The molecule has 0 bridgehead atoms. The van der Waals surface area contributed by atoms with E-state index >= 15 is 0 Å². The molecule has 25 heavy (non-hydrogen) atoms. The molecule has 0 fully saturated rings. The third-order valence-electron chi connectivity index (χ3n) is 4.85. The van der Waals surface area contributed by atoms with E-state index in [-0.39, 0.29) is 11.1 Å². The van der Waals surface area contributed by atoms with Gasteiger partial charge in [0.05, 0.1) is 5.56 Å². The number of hydrogen-bond donors (Lipinski definition) is 2. The number of aromatic nitrogens is 2. The molecule has 132 valence electrons. The highest BCUT2D eigenvalue weighted by Gasteiger charge is 2.33. The number of H-pyrrole nitrogens is 1. The Morgan fingerprint density at radius 3 is 2.76 bits per heavy atom. The summed E-state index contributed by atoms with van der Waals surface area (Å²) in [4.78, 5) is 25.2. The number of thiophene rings is 1. The van der Waals surface area contributed by atoms with E-state index in [0.717, 1.165) is 29.7 Å². The van der Waals surface area contributed by atoms with Crippen LogP contribution in [0.15, 0.2) is 9.32 Å². The Kier molecular flexibility index (Phi) is 4.29. The van der Waals surface area contributed by atoms with Crippen molar-refractivity contribution in [3.63, 3.8) is 0 Å². The third-order valence-corrected chi connectivity index (χ3v) is 6.02. The fourth-order valence-electron chi connectivity index (χ4n) is 3.28. The fourth-order valence-corrected chi connectivity index (χ4v) is 4.55. The standard InChI is InChI=1S/C17H20N4O3S/c1-17(2,3)9-5-6-10-11(8-18)15(25-12(10)7-9)19-14(22)13-16(23)24-20-21(13)4/h9H,5-7H2,1-4H3,(H-,19,20,22,23)/p+1. The molecule has 2 aromatic heterocycles. The van der Waals surface area contributed by atoms with Crippen LogP contribution in [0.2, 0.25) is 0 Å². The van der Waals surface area contributed by atoms with Gasteiger partial charge in [0.25, 0.3) is 0 Å². The van der Waals surface area contributed by atoms with Crippen molar-refractivity contribution in [2.45, 2.75) is 40.0 Å². The minimum atomic E-state index is -0.743. The van der Waals surface area contributed by atoms with Crippen molar-refractivity contribution in [1.82, 2.24) is 5.27 Å². The molecule has 8 heteroatoms. The maximum atomic E-state index is 12.4. The van der Waals surface area contributed by atoms with Crippen molar-refractivity contribution in [1.29, 1.82) is 5.26 Å². The zero-order valence-electron chi connectivity index (χ0n) is 14.7. The number of carbonyl (C=O) groups is 1. The number of nitriles is 1. The number of rotatable bonds is 2. The Bertz CT molecular complexity index is 923. The predicted molar refractivity (Wildman–Crippen MR) is 92.5 cm³/mol. The molecule has 1 amide bonds. The monoisotopic (exact) mass is 361 g/mol. The highest BCUT2D eigenvalue weighted by molar-refractivity contribution is 7.16. The summed E-state index contributed by atoms with van der Waals surface area (Å²) in [5.74, 6) is -0.0387. The lowest BCUT2D eigenvalue weighted by molar-refractivity contribution is -0.741. The number of nitrogens with one attached hydrogen (secondary N) is 2. The topological polar surface area (TPSA) is 103 Å². The maximum absolute atomic E-state index is 12.4. The molecule has 0 spiro atoms. The summed E-state index contributed by atoms with van der Waals surface area (Å²) in [6.07, 6.45) is 2.78. The molecule has 2 N–H and O–H groups in total. The quantitative estimate of drug-likeness (QED) is 0.800. The number of nitrogens with zero attached hydrogens (tertiary/aromatic N) is 2. The zero-order chi connectivity index (χ0) is 18.4. The van der Waals surface area contributed by atoms with Crippen LogP contribution >= 0.6 is 11.3 Å². The summed E-state index contributed by atoms with van der Waals surface area (Å²) in [5, 5.41) is 15.1. The molecule has 2 heterocycles. The lowest BCUT2D eigenvalue weighted by Gasteiger charge is -2.33. The van der Waals surface area contributed by atoms with Crippen LogP contribution in [-0.4, -0.2) is 11.2 Å². The lowest BCUT2D eigenvalue weighted by Crippen LogP contribution is -2.41. The number of amides is 1. The van der Waals surface area contributed by atoms with Crippen LogP contribution in [0.1, 0.15) is 53.7 Å². The van der Waals surface area contributed by atoms with E-state index in [1.165, 1.54) is 23.1 Å². The number of anilines is 1. The molecule has 1 unspecified atom stereocenters. The Hall–Kier alpha value is -2.40. The van der Waals surface area contributed by atoms with Gasteiger partial charge in [-0.3, -0.25) is 9.32 Å². The highest BCUT2D eigenvalue weighted by Crippen LogP contribution is 2.43. The van der Waals surface area contributed by atoms with E-state index < -0.39 is 11.5 Å². The number of fused-ring (bicyclic) bond motifs is 1. The first kappa shape index (κ1) is 17.4. The average molecular weight is 361 g/mol. The van der Waals surface area contributed by atoms with E-state index in [2.05, 4.69) is 42.0 Å². The van der Waals surface area contributed by atoms with Crippen LogP contribution < -0.4 is 15.6 Å². The Labute approximate surface area is 149 Å². The van der Waals surface area contributed by atoms with E-state index in [1.807, 2.05) is 0 Å². The molecule has 0 aliphatic heterocycles. The van der Waals surface area contributed by atoms with Crippen LogP contribution in [0, 0.1) is 22.7 Å².